The quantitative estimate of drug-likeness (QED) is 0.881. The van der Waals surface area contributed by atoms with Crippen molar-refractivity contribution in [1.82, 2.24) is 4.90 Å². The number of rotatable bonds is 2. The lowest BCUT2D eigenvalue weighted by Gasteiger charge is -2.42. The standard InChI is InChI=1S/C17H26N2/c1-11-4-5-14(8-12(11)2)13(3)19-16-6-7-17(19)10-15(18)9-16/h4-5,8,13,15-17H,6-7,9-10,18H2,1-3H3. The number of aryl methyl sites for hydroxylation is 2. The summed E-state index contributed by atoms with van der Waals surface area (Å²) in [6.45, 7) is 6.77. The predicted octanol–water partition coefficient (Wildman–Crippen LogP) is 3.32. The summed E-state index contributed by atoms with van der Waals surface area (Å²) in [5, 5.41) is 0. The molecule has 2 saturated heterocycles. The third-order valence-corrected chi connectivity index (χ3v) is 5.29. The van der Waals surface area contributed by atoms with E-state index in [9.17, 15) is 0 Å². The van der Waals surface area contributed by atoms with Crippen molar-refractivity contribution in [1.29, 1.82) is 0 Å². The van der Waals surface area contributed by atoms with Crippen molar-refractivity contribution in [2.75, 3.05) is 0 Å². The van der Waals surface area contributed by atoms with Gasteiger partial charge in [-0.25, -0.2) is 0 Å². The van der Waals surface area contributed by atoms with Gasteiger partial charge >= 0.3 is 0 Å². The molecule has 2 N–H and O–H groups in total. The van der Waals surface area contributed by atoms with E-state index in [1.54, 1.807) is 0 Å². The predicted molar refractivity (Wildman–Crippen MR) is 80.2 cm³/mol. The second-order valence-electron chi connectivity index (χ2n) is 6.58. The topological polar surface area (TPSA) is 29.3 Å². The van der Waals surface area contributed by atoms with Crippen LogP contribution in [0.4, 0.5) is 0 Å². The summed E-state index contributed by atoms with van der Waals surface area (Å²) >= 11 is 0. The van der Waals surface area contributed by atoms with Crippen LogP contribution < -0.4 is 5.73 Å². The van der Waals surface area contributed by atoms with Gasteiger partial charge in [-0.2, -0.15) is 0 Å². The van der Waals surface area contributed by atoms with E-state index < -0.39 is 0 Å². The Bertz CT molecular complexity index is 454. The van der Waals surface area contributed by atoms with Gasteiger partial charge in [0.2, 0.25) is 0 Å². The number of benzene rings is 1. The normalized spacial score (nSPS) is 32.5. The fourth-order valence-electron chi connectivity index (χ4n) is 4.08. The Morgan fingerprint density at radius 2 is 1.74 bits per heavy atom. The Morgan fingerprint density at radius 3 is 2.32 bits per heavy atom. The number of fused-ring (bicyclic) bond motifs is 2. The minimum Gasteiger partial charge on any atom is -0.328 e. The molecular weight excluding hydrogens is 232 g/mol. The van der Waals surface area contributed by atoms with Gasteiger partial charge in [0.05, 0.1) is 0 Å². The van der Waals surface area contributed by atoms with Crippen LogP contribution in [0.2, 0.25) is 0 Å². The van der Waals surface area contributed by atoms with Gasteiger partial charge in [-0.3, -0.25) is 4.90 Å². The van der Waals surface area contributed by atoms with Crippen LogP contribution in [0.5, 0.6) is 0 Å². The molecule has 0 radical (unpaired) electrons. The Labute approximate surface area is 117 Å². The molecule has 1 aromatic rings. The maximum atomic E-state index is 6.17. The molecule has 3 rings (SSSR count). The van der Waals surface area contributed by atoms with Gasteiger partial charge in [-0.1, -0.05) is 18.2 Å². The van der Waals surface area contributed by atoms with E-state index in [0.717, 1.165) is 0 Å². The highest BCUT2D eigenvalue weighted by Crippen LogP contribution is 2.41. The first-order valence-corrected chi connectivity index (χ1v) is 7.66. The summed E-state index contributed by atoms with van der Waals surface area (Å²) < 4.78 is 0. The van der Waals surface area contributed by atoms with E-state index >= 15 is 0 Å². The highest BCUT2D eigenvalue weighted by Gasteiger charge is 2.41. The smallest absolute Gasteiger partial charge is 0.0325 e. The maximum Gasteiger partial charge on any atom is 0.0325 e. The highest BCUT2D eigenvalue weighted by atomic mass is 15.2. The van der Waals surface area contributed by atoms with E-state index in [1.807, 2.05) is 0 Å². The van der Waals surface area contributed by atoms with Crippen LogP contribution in [0, 0.1) is 13.8 Å². The summed E-state index contributed by atoms with van der Waals surface area (Å²) in [4.78, 5) is 2.74. The Hall–Kier alpha value is -0.860. The fraction of sp³-hybridized carbons (Fsp3) is 0.647. The monoisotopic (exact) mass is 258 g/mol. The lowest BCUT2D eigenvalue weighted by Crippen LogP contribution is -2.48. The Morgan fingerprint density at radius 1 is 1.11 bits per heavy atom. The molecule has 0 spiro atoms. The van der Waals surface area contributed by atoms with Crippen LogP contribution in [0.3, 0.4) is 0 Å². The summed E-state index contributed by atoms with van der Waals surface area (Å²) in [5.41, 5.74) is 10.4. The second-order valence-corrected chi connectivity index (χ2v) is 6.58. The molecule has 2 heterocycles. The molecule has 104 valence electrons. The van der Waals surface area contributed by atoms with Crippen LogP contribution in [0.1, 0.15) is 55.3 Å². The fourth-order valence-corrected chi connectivity index (χ4v) is 4.08. The van der Waals surface area contributed by atoms with Crippen molar-refractivity contribution in [3.63, 3.8) is 0 Å². The summed E-state index contributed by atoms with van der Waals surface area (Å²) in [7, 11) is 0. The van der Waals surface area contributed by atoms with Gasteiger partial charge in [-0.05, 0) is 63.1 Å². The molecule has 3 atom stereocenters. The minimum absolute atomic E-state index is 0.431. The number of nitrogens with two attached hydrogens (primary N) is 1. The largest absolute Gasteiger partial charge is 0.328 e. The molecule has 2 nitrogen and oxygen atoms in total. The first kappa shape index (κ1) is 13.1. The van der Waals surface area contributed by atoms with E-state index in [2.05, 4.69) is 43.9 Å². The molecule has 19 heavy (non-hydrogen) atoms. The molecule has 2 aliphatic heterocycles. The van der Waals surface area contributed by atoms with Gasteiger partial charge in [0, 0.05) is 24.2 Å². The van der Waals surface area contributed by atoms with Crippen LogP contribution in [0.15, 0.2) is 18.2 Å². The van der Waals surface area contributed by atoms with Gasteiger partial charge in [0.15, 0.2) is 0 Å². The maximum absolute atomic E-state index is 6.17. The van der Waals surface area contributed by atoms with Crippen LogP contribution in [-0.2, 0) is 0 Å². The third-order valence-electron chi connectivity index (χ3n) is 5.29. The molecule has 2 bridgehead atoms. The van der Waals surface area contributed by atoms with E-state index in [4.69, 9.17) is 5.73 Å². The molecule has 2 aliphatic rings. The van der Waals surface area contributed by atoms with Gasteiger partial charge in [0.25, 0.3) is 0 Å². The zero-order chi connectivity index (χ0) is 13.6. The minimum atomic E-state index is 0.431. The van der Waals surface area contributed by atoms with Gasteiger partial charge in [0.1, 0.15) is 0 Å². The van der Waals surface area contributed by atoms with Gasteiger partial charge < -0.3 is 5.73 Å². The van der Waals surface area contributed by atoms with Crippen molar-refractivity contribution in [3.05, 3.63) is 34.9 Å². The van der Waals surface area contributed by atoms with Crippen molar-refractivity contribution in [3.8, 4) is 0 Å². The summed E-state index contributed by atoms with van der Waals surface area (Å²) in [6, 6.07) is 9.33. The van der Waals surface area contributed by atoms with Crippen molar-refractivity contribution in [2.24, 2.45) is 5.73 Å². The number of hydrogen-bond acceptors (Lipinski definition) is 2. The SMILES string of the molecule is Cc1ccc(C(C)N2C3CCC2CC(N)C3)cc1C. The lowest BCUT2D eigenvalue weighted by atomic mass is 9.93. The molecular formula is C17H26N2. The summed E-state index contributed by atoms with van der Waals surface area (Å²) in [6.07, 6.45) is 5.05. The average molecular weight is 258 g/mol. The van der Waals surface area contributed by atoms with Crippen molar-refractivity contribution >= 4 is 0 Å². The molecule has 0 aromatic heterocycles. The Balaban J connectivity index is 1.84. The van der Waals surface area contributed by atoms with E-state index in [1.165, 1.54) is 42.4 Å². The third kappa shape index (κ3) is 2.32. The first-order chi connectivity index (χ1) is 9.06. The number of nitrogens with zero attached hydrogens (tertiary/aromatic N) is 1. The Kier molecular flexibility index (Phi) is 3.40. The van der Waals surface area contributed by atoms with E-state index in [0.29, 0.717) is 24.2 Å². The summed E-state index contributed by atoms with van der Waals surface area (Å²) in [5.74, 6) is 0. The van der Waals surface area contributed by atoms with E-state index in [-0.39, 0.29) is 0 Å². The van der Waals surface area contributed by atoms with Crippen LogP contribution in [-0.4, -0.2) is 23.0 Å². The molecule has 2 heteroatoms. The molecule has 0 aliphatic carbocycles. The van der Waals surface area contributed by atoms with Gasteiger partial charge in [-0.15, -0.1) is 0 Å². The van der Waals surface area contributed by atoms with Crippen LogP contribution >= 0.6 is 0 Å². The van der Waals surface area contributed by atoms with Crippen molar-refractivity contribution < 1.29 is 0 Å². The average Bonchev–Trinajstić information content (AvgIpc) is 2.64. The molecule has 1 aromatic carbocycles. The number of piperidine rings is 1. The van der Waals surface area contributed by atoms with Crippen molar-refractivity contribution in [2.45, 2.75) is 70.6 Å². The zero-order valence-corrected chi connectivity index (χ0v) is 12.4. The molecule has 3 unspecified atom stereocenters. The number of hydrogen-bond donors (Lipinski definition) is 1. The van der Waals surface area contributed by atoms with Crippen LogP contribution in [0.25, 0.3) is 0 Å². The lowest BCUT2D eigenvalue weighted by molar-refractivity contribution is 0.0853. The zero-order valence-electron chi connectivity index (χ0n) is 12.4. The first-order valence-electron chi connectivity index (χ1n) is 7.66. The molecule has 0 saturated carbocycles. The highest BCUT2D eigenvalue weighted by molar-refractivity contribution is 5.32. The molecule has 0 amide bonds. The molecule has 2 fully saturated rings. The second kappa shape index (κ2) is 4.92.